The molecule has 1 fully saturated rings. The van der Waals surface area contributed by atoms with Gasteiger partial charge in [-0.15, -0.1) is 0 Å². The van der Waals surface area contributed by atoms with Crippen LogP contribution in [0.5, 0.6) is 0 Å². The molecule has 1 atom stereocenters. The molecule has 3 rings (SSSR count). The van der Waals surface area contributed by atoms with Gasteiger partial charge in [-0.1, -0.05) is 18.6 Å². The fraction of sp³-hybridized carbons (Fsp3) is 0.400. The van der Waals surface area contributed by atoms with Crippen molar-refractivity contribution in [3.05, 3.63) is 47.8 Å². The standard InChI is InChI=1S/C15H19N3/c1-12-10-17-18(11-12)14-6-4-5-13(9-14)15-7-2-3-8-16-15/h4-6,9-11,15-16H,2-3,7-8H2,1H3. The smallest absolute Gasteiger partial charge is 0.0648 e. The molecule has 3 heteroatoms. The third-order valence-corrected chi connectivity index (χ3v) is 3.56. The quantitative estimate of drug-likeness (QED) is 0.876. The number of rotatable bonds is 2. The molecule has 0 amide bonds. The lowest BCUT2D eigenvalue weighted by Gasteiger charge is -2.24. The Morgan fingerprint density at radius 3 is 3.00 bits per heavy atom. The molecule has 1 N–H and O–H groups in total. The average Bonchev–Trinajstić information content (AvgIpc) is 2.87. The first-order valence-electron chi connectivity index (χ1n) is 6.68. The van der Waals surface area contributed by atoms with E-state index in [4.69, 9.17) is 0 Å². The maximum atomic E-state index is 4.37. The normalized spacial score (nSPS) is 19.9. The SMILES string of the molecule is Cc1cnn(-c2cccc(C3CCCCN3)c2)c1. The van der Waals surface area contributed by atoms with E-state index in [9.17, 15) is 0 Å². The van der Waals surface area contributed by atoms with E-state index >= 15 is 0 Å². The van der Waals surface area contributed by atoms with Crippen molar-refractivity contribution in [3.63, 3.8) is 0 Å². The summed E-state index contributed by atoms with van der Waals surface area (Å²) in [5.74, 6) is 0. The molecule has 0 spiro atoms. The fourth-order valence-corrected chi connectivity index (χ4v) is 2.57. The molecule has 18 heavy (non-hydrogen) atoms. The van der Waals surface area contributed by atoms with Crippen LogP contribution in [0.3, 0.4) is 0 Å². The molecular weight excluding hydrogens is 222 g/mol. The van der Waals surface area contributed by atoms with Crippen LogP contribution in [0, 0.1) is 6.92 Å². The van der Waals surface area contributed by atoms with Gasteiger partial charge in [-0.2, -0.15) is 5.10 Å². The molecule has 0 bridgehead atoms. The summed E-state index contributed by atoms with van der Waals surface area (Å²) in [6.07, 6.45) is 7.82. The number of benzene rings is 1. The van der Waals surface area contributed by atoms with Crippen molar-refractivity contribution in [2.75, 3.05) is 6.54 Å². The second-order valence-electron chi connectivity index (χ2n) is 5.06. The highest BCUT2D eigenvalue weighted by Gasteiger charge is 2.14. The third kappa shape index (κ3) is 2.31. The van der Waals surface area contributed by atoms with Crippen LogP contribution in [0.1, 0.15) is 36.4 Å². The number of nitrogens with zero attached hydrogens (tertiary/aromatic N) is 2. The number of hydrogen-bond donors (Lipinski definition) is 1. The molecule has 2 heterocycles. The van der Waals surface area contributed by atoms with Gasteiger partial charge in [-0.3, -0.25) is 0 Å². The molecule has 94 valence electrons. The van der Waals surface area contributed by atoms with Crippen molar-refractivity contribution in [1.29, 1.82) is 0 Å². The lowest BCUT2D eigenvalue weighted by Crippen LogP contribution is -2.26. The Morgan fingerprint density at radius 1 is 1.33 bits per heavy atom. The van der Waals surface area contributed by atoms with Gasteiger partial charge in [0.25, 0.3) is 0 Å². The molecule has 1 aliphatic heterocycles. The van der Waals surface area contributed by atoms with Gasteiger partial charge >= 0.3 is 0 Å². The van der Waals surface area contributed by atoms with Gasteiger partial charge in [-0.05, 0) is 49.6 Å². The minimum Gasteiger partial charge on any atom is -0.310 e. The highest BCUT2D eigenvalue weighted by atomic mass is 15.3. The van der Waals surface area contributed by atoms with E-state index in [0.717, 1.165) is 12.2 Å². The highest BCUT2D eigenvalue weighted by Crippen LogP contribution is 2.24. The Hall–Kier alpha value is -1.61. The van der Waals surface area contributed by atoms with E-state index in [0.29, 0.717) is 6.04 Å². The molecule has 2 aromatic rings. The van der Waals surface area contributed by atoms with Gasteiger partial charge in [0, 0.05) is 12.2 Å². The zero-order valence-corrected chi connectivity index (χ0v) is 10.8. The molecule has 0 saturated carbocycles. The van der Waals surface area contributed by atoms with Crippen LogP contribution in [0.4, 0.5) is 0 Å². The minimum atomic E-state index is 0.510. The van der Waals surface area contributed by atoms with Crippen LogP contribution in [-0.4, -0.2) is 16.3 Å². The zero-order valence-electron chi connectivity index (χ0n) is 10.8. The highest BCUT2D eigenvalue weighted by molar-refractivity contribution is 5.37. The van der Waals surface area contributed by atoms with Crippen molar-refractivity contribution < 1.29 is 0 Å². The molecular formula is C15H19N3. The first-order chi connectivity index (χ1) is 8.83. The Labute approximate surface area is 108 Å². The fourth-order valence-electron chi connectivity index (χ4n) is 2.57. The summed E-state index contributed by atoms with van der Waals surface area (Å²) in [5, 5.41) is 7.96. The molecule has 1 saturated heterocycles. The Kier molecular flexibility index (Phi) is 3.15. The summed E-state index contributed by atoms with van der Waals surface area (Å²) >= 11 is 0. The summed E-state index contributed by atoms with van der Waals surface area (Å²) in [7, 11) is 0. The van der Waals surface area contributed by atoms with Crippen LogP contribution in [0.25, 0.3) is 5.69 Å². The summed E-state index contributed by atoms with van der Waals surface area (Å²) < 4.78 is 1.95. The van der Waals surface area contributed by atoms with Crippen molar-refractivity contribution in [1.82, 2.24) is 15.1 Å². The van der Waals surface area contributed by atoms with E-state index in [2.05, 4.69) is 47.8 Å². The Morgan fingerprint density at radius 2 is 2.28 bits per heavy atom. The van der Waals surface area contributed by atoms with Crippen molar-refractivity contribution in [3.8, 4) is 5.69 Å². The van der Waals surface area contributed by atoms with Crippen LogP contribution in [0.15, 0.2) is 36.7 Å². The van der Waals surface area contributed by atoms with Crippen molar-refractivity contribution >= 4 is 0 Å². The number of nitrogens with one attached hydrogen (secondary N) is 1. The molecule has 0 radical (unpaired) electrons. The van der Waals surface area contributed by atoms with Gasteiger partial charge in [0.15, 0.2) is 0 Å². The van der Waals surface area contributed by atoms with Gasteiger partial charge in [0.2, 0.25) is 0 Å². The van der Waals surface area contributed by atoms with Crippen LogP contribution < -0.4 is 5.32 Å². The molecule has 0 aliphatic carbocycles. The first-order valence-corrected chi connectivity index (χ1v) is 6.68. The van der Waals surface area contributed by atoms with E-state index in [-0.39, 0.29) is 0 Å². The lowest BCUT2D eigenvalue weighted by atomic mass is 9.97. The summed E-state index contributed by atoms with van der Waals surface area (Å²) in [6.45, 7) is 3.20. The average molecular weight is 241 g/mol. The van der Waals surface area contributed by atoms with E-state index < -0.39 is 0 Å². The van der Waals surface area contributed by atoms with Gasteiger partial charge in [0.1, 0.15) is 0 Å². The van der Waals surface area contributed by atoms with Crippen LogP contribution in [-0.2, 0) is 0 Å². The maximum Gasteiger partial charge on any atom is 0.0648 e. The molecule has 3 nitrogen and oxygen atoms in total. The molecule has 1 unspecified atom stereocenters. The Bertz CT molecular complexity index is 524. The summed E-state index contributed by atoms with van der Waals surface area (Å²) in [4.78, 5) is 0. The minimum absolute atomic E-state index is 0.510. The monoisotopic (exact) mass is 241 g/mol. The lowest BCUT2D eigenvalue weighted by molar-refractivity contribution is 0.412. The van der Waals surface area contributed by atoms with E-state index in [1.807, 2.05) is 10.9 Å². The molecule has 1 aromatic heterocycles. The first kappa shape index (κ1) is 11.5. The van der Waals surface area contributed by atoms with Gasteiger partial charge in [-0.25, -0.2) is 4.68 Å². The third-order valence-electron chi connectivity index (χ3n) is 3.56. The summed E-state index contributed by atoms with van der Waals surface area (Å²) in [6, 6.07) is 9.20. The predicted molar refractivity (Wildman–Crippen MR) is 72.9 cm³/mol. The van der Waals surface area contributed by atoms with Crippen molar-refractivity contribution in [2.24, 2.45) is 0 Å². The zero-order chi connectivity index (χ0) is 12.4. The largest absolute Gasteiger partial charge is 0.310 e. The second kappa shape index (κ2) is 4.94. The van der Waals surface area contributed by atoms with Gasteiger partial charge < -0.3 is 5.32 Å². The van der Waals surface area contributed by atoms with Crippen LogP contribution >= 0.6 is 0 Å². The number of hydrogen-bond acceptors (Lipinski definition) is 2. The van der Waals surface area contributed by atoms with Crippen molar-refractivity contribution in [2.45, 2.75) is 32.2 Å². The van der Waals surface area contributed by atoms with E-state index in [1.54, 1.807) is 0 Å². The number of aromatic nitrogens is 2. The number of piperidine rings is 1. The van der Waals surface area contributed by atoms with E-state index in [1.165, 1.54) is 30.4 Å². The topological polar surface area (TPSA) is 29.9 Å². The van der Waals surface area contributed by atoms with Crippen LogP contribution in [0.2, 0.25) is 0 Å². The Balaban J connectivity index is 1.88. The predicted octanol–water partition coefficient (Wildman–Crippen LogP) is 3.00. The maximum absolute atomic E-state index is 4.37. The summed E-state index contributed by atoms with van der Waals surface area (Å²) in [5.41, 5.74) is 3.71. The molecule has 1 aromatic carbocycles. The number of aryl methyl sites for hydroxylation is 1. The molecule has 1 aliphatic rings. The van der Waals surface area contributed by atoms with Gasteiger partial charge in [0.05, 0.1) is 11.9 Å². The second-order valence-corrected chi connectivity index (χ2v) is 5.06.